The summed E-state index contributed by atoms with van der Waals surface area (Å²) < 4.78 is 11.5. The first-order chi connectivity index (χ1) is 16.6. The Hall–Kier alpha value is -3.55. The highest BCUT2D eigenvalue weighted by Gasteiger charge is 2.32. The average molecular weight is 463 g/mol. The van der Waals surface area contributed by atoms with E-state index in [4.69, 9.17) is 9.15 Å². The summed E-state index contributed by atoms with van der Waals surface area (Å²) in [5, 5.41) is 0. The number of carbonyl (C=O) groups excluding carboxylic acids is 2. The van der Waals surface area contributed by atoms with Gasteiger partial charge in [0.05, 0.1) is 5.92 Å². The second kappa shape index (κ2) is 9.75. The molecule has 2 saturated heterocycles. The fourth-order valence-corrected chi connectivity index (χ4v) is 4.70. The van der Waals surface area contributed by atoms with Crippen molar-refractivity contribution in [2.24, 2.45) is 5.92 Å². The van der Waals surface area contributed by atoms with Crippen molar-refractivity contribution in [3.63, 3.8) is 0 Å². The second-order valence-electron chi connectivity index (χ2n) is 8.95. The second-order valence-corrected chi connectivity index (χ2v) is 8.95. The number of ether oxygens (including phenoxy) is 1. The first-order valence-corrected chi connectivity index (χ1v) is 12.0. The smallest absolute Gasteiger partial charge is 0.309 e. The van der Waals surface area contributed by atoms with E-state index in [1.165, 1.54) is 5.69 Å². The van der Waals surface area contributed by atoms with E-state index in [0.29, 0.717) is 45.0 Å². The van der Waals surface area contributed by atoms with Gasteiger partial charge in [0.25, 0.3) is 11.9 Å². The zero-order chi connectivity index (χ0) is 23.5. The first-order valence-electron chi connectivity index (χ1n) is 12.0. The van der Waals surface area contributed by atoms with Crippen LogP contribution in [0.15, 0.2) is 59.0 Å². The molecule has 178 valence electrons. The third-order valence-corrected chi connectivity index (χ3v) is 6.73. The van der Waals surface area contributed by atoms with E-state index in [1.807, 2.05) is 42.5 Å². The molecule has 34 heavy (non-hydrogen) atoms. The third kappa shape index (κ3) is 4.71. The number of para-hydroxylation sites is 3. The number of hydrogen-bond donors (Lipinski definition) is 0. The van der Waals surface area contributed by atoms with Crippen molar-refractivity contribution in [2.75, 3.05) is 49.1 Å². The maximum absolute atomic E-state index is 12.9. The highest BCUT2D eigenvalue weighted by molar-refractivity contribution is 5.84. The molecule has 0 N–H and O–H groups in total. The minimum Gasteiger partial charge on any atom is -0.452 e. The van der Waals surface area contributed by atoms with Gasteiger partial charge in [0, 0.05) is 45.0 Å². The molecule has 2 fully saturated rings. The van der Waals surface area contributed by atoms with Gasteiger partial charge in [0.15, 0.2) is 11.7 Å². The molecule has 2 aliphatic heterocycles. The van der Waals surface area contributed by atoms with Gasteiger partial charge in [-0.2, -0.15) is 4.98 Å². The fraction of sp³-hybridized carbons (Fsp3) is 0.423. The number of carbonyl (C=O) groups is 2. The Labute approximate surface area is 199 Å². The molecular formula is C26H30N4O4. The molecule has 2 aromatic carbocycles. The number of esters is 1. The Balaban J connectivity index is 1.09. The minimum absolute atomic E-state index is 0.120. The Bertz CT molecular complexity index is 1100. The maximum Gasteiger partial charge on any atom is 0.309 e. The highest BCUT2D eigenvalue weighted by Crippen LogP contribution is 2.27. The van der Waals surface area contributed by atoms with E-state index in [9.17, 15) is 9.59 Å². The summed E-state index contributed by atoms with van der Waals surface area (Å²) >= 11 is 0. The zero-order valence-electron chi connectivity index (χ0n) is 19.4. The highest BCUT2D eigenvalue weighted by atomic mass is 16.5. The molecule has 1 unspecified atom stereocenters. The van der Waals surface area contributed by atoms with Crippen LogP contribution in [0.2, 0.25) is 0 Å². The molecule has 3 aromatic rings. The predicted molar refractivity (Wildman–Crippen MR) is 130 cm³/mol. The number of amides is 1. The average Bonchev–Trinajstić information content (AvgIpc) is 3.33. The van der Waals surface area contributed by atoms with Crippen LogP contribution in [0, 0.1) is 5.92 Å². The van der Waals surface area contributed by atoms with Gasteiger partial charge < -0.3 is 23.9 Å². The SMILES string of the molecule is CC(OC(=O)C1CCN(c2nc3ccccc3o2)CC1)C(=O)N1CCN(c2ccccc2)CC1. The van der Waals surface area contributed by atoms with Crippen molar-refractivity contribution in [3.05, 3.63) is 54.6 Å². The Morgan fingerprint density at radius 3 is 2.29 bits per heavy atom. The van der Waals surface area contributed by atoms with Gasteiger partial charge in [-0.1, -0.05) is 30.3 Å². The number of benzene rings is 2. The number of piperidine rings is 1. The maximum atomic E-state index is 12.9. The van der Waals surface area contributed by atoms with Gasteiger partial charge in [-0.3, -0.25) is 9.59 Å². The van der Waals surface area contributed by atoms with Crippen LogP contribution < -0.4 is 9.80 Å². The van der Waals surface area contributed by atoms with Crippen LogP contribution in [0.25, 0.3) is 11.1 Å². The quantitative estimate of drug-likeness (QED) is 0.538. The topological polar surface area (TPSA) is 79.1 Å². The van der Waals surface area contributed by atoms with E-state index in [-0.39, 0.29) is 17.8 Å². The van der Waals surface area contributed by atoms with Gasteiger partial charge >= 0.3 is 5.97 Å². The summed E-state index contributed by atoms with van der Waals surface area (Å²) in [5.41, 5.74) is 2.75. The van der Waals surface area contributed by atoms with Gasteiger partial charge in [-0.25, -0.2) is 0 Å². The normalized spacial score (nSPS) is 18.2. The van der Waals surface area contributed by atoms with Gasteiger partial charge in [0.1, 0.15) is 5.52 Å². The number of nitrogens with zero attached hydrogens (tertiary/aromatic N) is 4. The lowest BCUT2D eigenvalue weighted by Gasteiger charge is -2.37. The summed E-state index contributed by atoms with van der Waals surface area (Å²) in [6.07, 6.45) is 0.522. The van der Waals surface area contributed by atoms with Crippen molar-refractivity contribution < 1.29 is 18.7 Å². The number of rotatable bonds is 5. The molecule has 2 aliphatic rings. The van der Waals surface area contributed by atoms with Crippen molar-refractivity contribution in [2.45, 2.75) is 25.9 Å². The summed E-state index contributed by atoms with van der Waals surface area (Å²) in [5.74, 6) is -0.628. The van der Waals surface area contributed by atoms with Crippen molar-refractivity contribution in [1.82, 2.24) is 9.88 Å². The third-order valence-electron chi connectivity index (χ3n) is 6.73. The Morgan fingerprint density at radius 2 is 1.59 bits per heavy atom. The standard InChI is InChI=1S/C26H30N4O4/c1-19(24(31)29-17-15-28(16-18-29)21-7-3-2-4-8-21)33-25(32)20-11-13-30(14-12-20)26-27-22-9-5-6-10-23(22)34-26/h2-10,19-20H,11-18H2,1H3. The Morgan fingerprint density at radius 1 is 0.912 bits per heavy atom. The molecule has 0 spiro atoms. The van der Waals surface area contributed by atoms with E-state index in [2.05, 4.69) is 26.9 Å². The Kier molecular flexibility index (Phi) is 6.38. The lowest BCUT2D eigenvalue weighted by molar-refractivity contribution is -0.163. The van der Waals surface area contributed by atoms with E-state index in [1.54, 1.807) is 11.8 Å². The largest absolute Gasteiger partial charge is 0.452 e. The number of oxazole rings is 1. The number of aromatic nitrogens is 1. The molecule has 0 radical (unpaired) electrons. The number of piperazine rings is 1. The predicted octanol–water partition coefficient (Wildman–Crippen LogP) is 3.32. The van der Waals surface area contributed by atoms with Crippen molar-refractivity contribution >= 4 is 34.7 Å². The molecular weight excluding hydrogens is 432 g/mol. The van der Waals surface area contributed by atoms with Crippen LogP contribution >= 0.6 is 0 Å². The molecule has 0 saturated carbocycles. The molecule has 8 nitrogen and oxygen atoms in total. The van der Waals surface area contributed by atoms with E-state index < -0.39 is 6.10 Å². The molecule has 8 heteroatoms. The number of hydrogen-bond acceptors (Lipinski definition) is 7. The van der Waals surface area contributed by atoms with Crippen molar-refractivity contribution in [3.8, 4) is 0 Å². The molecule has 1 atom stereocenters. The first kappa shape index (κ1) is 22.3. The molecule has 1 amide bonds. The monoisotopic (exact) mass is 462 g/mol. The molecule has 3 heterocycles. The summed E-state index contributed by atoms with van der Waals surface area (Å²) in [6, 6.07) is 18.5. The van der Waals surface area contributed by atoms with Gasteiger partial charge in [0.2, 0.25) is 0 Å². The van der Waals surface area contributed by atoms with Crippen LogP contribution in [-0.2, 0) is 14.3 Å². The summed E-state index contributed by atoms with van der Waals surface area (Å²) in [7, 11) is 0. The van der Waals surface area contributed by atoms with Crippen LogP contribution in [0.5, 0.6) is 0 Å². The number of fused-ring (bicyclic) bond motifs is 1. The lowest BCUT2D eigenvalue weighted by Crippen LogP contribution is -2.52. The van der Waals surface area contributed by atoms with E-state index >= 15 is 0 Å². The van der Waals surface area contributed by atoms with Crippen LogP contribution in [0.3, 0.4) is 0 Å². The van der Waals surface area contributed by atoms with Crippen molar-refractivity contribution in [1.29, 1.82) is 0 Å². The molecule has 1 aromatic heterocycles. The summed E-state index contributed by atoms with van der Waals surface area (Å²) in [6.45, 7) is 5.79. The molecule has 0 bridgehead atoms. The van der Waals surface area contributed by atoms with E-state index in [0.717, 1.165) is 24.2 Å². The summed E-state index contributed by atoms with van der Waals surface area (Å²) in [4.78, 5) is 36.3. The number of anilines is 2. The molecule has 0 aliphatic carbocycles. The van der Waals surface area contributed by atoms with Crippen LogP contribution in [-0.4, -0.2) is 67.1 Å². The van der Waals surface area contributed by atoms with Gasteiger partial charge in [-0.05, 0) is 44.0 Å². The van der Waals surface area contributed by atoms with Crippen LogP contribution in [0.1, 0.15) is 19.8 Å². The zero-order valence-corrected chi connectivity index (χ0v) is 19.4. The van der Waals surface area contributed by atoms with Crippen LogP contribution in [0.4, 0.5) is 11.7 Å². The molecule has 5 rings (SSSR count). The minimum atomic E-state index is -0.772. The van der Waals surface area contributed by atoms with Gasteiger partial charge in [-0.15, -0.1) is 0 Å². The fourth-order valence-electron chi connectivity index (χ4n) is 4.70. The lowest BCUT2D eigenvalue weighted by atomic mass is 9.97.